The normalized spacial score (nSPS) is 13.6. The van der Waals surface area contributed by atoms with Crippen LogP contribution in [0.15, 0.2) is 66.9 Å². The van der Waals surface area contributed by atoms with E-state index in [2.05, 4.69) is 25.8 Å². The minimum absolute atomic E-state index is 0.332. The summed E-state index contributed by atoms with van der Waals surface area (Å²) in [6.45, 7) is 2.40. The summed E-state index contributed by atoms with van der Waals surface area (Å²) in [5.74, 6) is 0.144. The highest BCUT2D eigenvalue weighted by Crippen LogP contribution is 2.18. The summed E-state index contributed by atoms with van der Waals surface area (Å²) < 4.78 is 13.3. The van der Waals surface area contributed by atoms with Gasteiger partial charge in [0, 0.05) is 42.8 Å². The summed E-state index contributed by atoms with van der Waals surface area (Å²) in [5.41, 5.74) is 2.07. The van der Waals surface area contributed by atoms with Gasteiger partial charge in [-0.3, -0.25) is 4.79 Å². The van der Waals surface area contributed by atoms with Crippen molar-refractivity contribution in [2.24, 2.45) is 0 Å². The van der Waals surface area contributed by atoms with E-state index in [1.54, 1.807) is 36.5 Å². The van der Waals surface area contributed by atoms with E-state index in [1.807, 2.05) is 12.1 Å². The number of rotatable bonds is 6. The molecule has 3 N–H and O–H groups in total. The number of carbonyl (C=O) groups is 2. The van der Waals surface area contributed by atoms with Crippen LogP contribution in [0.1, 0.15) is 41.6 Å². The number of benzene rings is 2. The van der Waals surface area contributed by atoms with Crippen LogP contribution in [0.2, 0.25) is 0 Å². The van der Waals surface area contributed by atoms with Crippen LogP contribution < -0.4 is 20.9 Å². The predicted octanol–water partition coefficient (Wildman–Crippen LogP) is 5.18. The molecule has 2 aromatic carbocycles. The number of pyridine rings is 1. The molecule has 1 fully saturated rings. The van der Waals surface area contributed by atoms with Gasteiger partial charge in [0.15, 0.2) is 0 Å². The Balaban J connectivity index is 1.29. The fraction of sp³-hybridized carbons (Fsp3) is 0.269. The van der Waals surface area contributed by atoms with Crippen molar-refractivity contribution in [1.29, 1.82) is 0 Å². The number of carbonyl (C=O) groups excluding carboxylic acids is 2. The molecule has 1 saturated heterocycles. The van der Waals surface area contributed by atoms with Crippen molar-refractivity contribution in [2.45, 2.75) is 32.2 Å². The number of anilines is 3. The van der Waals surface area contributed by atoms with Crippen LogP contribution in [0.3, 0.4) is 0 Å². The monoisotopic (exact) mass is 461 g/mol. The predicted molar refractivity (Wildman–Crippen MR) is 132 cm³/mol. The van der Waals surface area contributed by atoms with Gasteiger partial charge in [0.05, 0.1) is 0 Å². The molecule has 7 nitrogen and oxygen atoms in total. The maximum absolute atomic E-state index is 13.3. The van der Waals surface area contributed by atoms with Crippen molar-refractivity contribution < 1.29 is 14.0 Å². The zero-order valence-electron chi connectivity index (χ0n) is 18.9. The zero-order chi connectivity index (χ0) is 23.8. The average molecular weight is 462 g/mol. The second-order valence-electron chi connectivity index (χ2n) is 8.28. The molecular weight excluding hydrogens is 433 g/mol. The highest BCUT2D eigenvalue weighted by Gasteiger charge is 2.12. The lowest BCUT2D eigenvalue weighted by atomic mass is 10.2. The molecular formula is C26H28FN5O2. The number of hydrogen-bond acceptors (Lipinski definition) is 4. The first kappa shape index (κ1) is 23.2. The van der Waals surface area contributed by atoms with Gasteiger partial charge >= 0.3 is 6.03 Å². The van der Waals surface area contributed by atoms with Crippen molar-refractivity contribution >= 4 is 29.1 Å². The Morgan fingerprint density at radius 2 is 1.62 bits per heavy atom. The van der Waals surface area contributed by atoms with Gasteiger partial charge in [-0.15, -0.1) is 0 Å². The van der Waals surface area contributed by atoms with Crippen molar-refractivity contribution in [2.75, 3.05) is 28.6 Å². The molecule has 0 saturated carbocycles. The quantitative estimate of drug-likeness (QED) is 0.472. The maximum atomic E-state index is 13.3. The van der Waals surface area contributed by atoms with E-state index in [0.29, 0.717) is 23.5 Å². The lowest BCUT2D eigenvalue weighted by molar-refractivity contribution is 0.102. The number of nitrogens with zero attached hydrogens (tertiary/aromatic N) is 2. The highest BCUT2D eigenvalue weighted by atomic mass is 19.1. The van der Waals surface area contributed by atoms with Crippen LogP contribution >= 0.6 is 0 Å². The smallest absolute Gasteiger partial charge is 0.319 e. The van der Waals surface area contributed by atoms with Crippen molar-refractivity contribution in [1.82, 2.24) is 10.3 Å². The third-order valence-electron chi connectivity index (χ3n) is 5.66. The van der Waals surface area contributed by atoms with Gasteiger partial charge in [0.1, 0.15) is 11.6 Å². The Bertz CT molecular complexity index is 1130. The molecule has 3 amide bonds. The number of aromatic nitrogens is 1. The van der Waals surface area contributed by atoms with E-state index < -0.39 is 11.7 Å². The van der Waals surface area contributed by atoms with Gasteiger partial charge in [-0.1, -0.05) is 31.0 Å². The first-order valence-electron chi connectivity index (χ1n) is 11.5. The second-order valence-corrected chi connectivity index (χ2v) is 8.28. The topological polar surface area (TPSA) is 86.4 Å². The second kappa shape index (κ2) is 11.3. The van der Waals surface area contributed by atoms with E-state index in [0.717, 1.165) is 24.5 Å². The average Bonchev–Trinajstić information content (AvgIpc) is 3.13. The van der Waals surface area contributed by atoms with E-state index in [4.69, 9.17) is 0 Å². The summed E-state index contributed by atoms with van der Waals surface area (Å²) in [5, 5.41) is 8.18. The Morgan fingerprint density at radius 1 is 0.882 bits per heavy atom. The molecule has 176 valence electrons. The first-order chi connectivity index (χ1) is 16.6. The van der Waals surface area contributed by atoms with E-state index >= 15 is 0 Å². The number of nitrogens with one attached hydrogen (secondary N) is 3. The van der Waals surface area contributed by atoms with E-state index in [-0.39, 0.29) is 6.03 Å². The van der Waals surface area contributed by atoms with Crippen molar-refractivity contribution in [3.8, 4) is 0 Å². The molecule has 0 spiro atoms. The summed E-state index contributed by atoms with van der Waals surface area (Å²) >= 11 is 0. The van der Waals surface area contributed by atoms with Gasteiger partial charge < -0.3 is 20.9 Å². The molecule has 1 aromatic heterocycles. The van der Waals surface area contributed by atoms with Gasteiger partial charge in [-0.2, -0.15) is 0 Å². The molecule has 0 aliphatic carbocycles. The van der Waals surface area contributed by atoms with Crippen molar-refractivity contribution in [3.05, 3.63) is 83.8 Å². The molecule has 1 aliphatic heterocycles. The van der Waals surface area contributed by atoms with Gasteiger partial charge in [-0.05, 0) is 60.9 Å². The first-order valence-corrected chi connectivity index (χ1v) is 11.5. The number of halogens is 1. The third-order valence-corrected chi connectivity index (χ3v) is 5.66. The molecule has 0 bridgehead atoms. The van der Waals surface area contributed by atoms with Crippen LogP contribution in [0, 0.1) is 5.82 Å². The molecule has 0 unspecified atom stereocenters. The van der Waals surface area contributed by atoms with E-state index in [1.165, 1.54) is 43.9 Å². The number of amides is 3. The Hall–Kier alpha value is -3.94. The maximum Gasteiger partial charge on any atom is 0.319 e. The number of hydrogen-bond donors (Lipinski definition) is 3. The molecule has 2 heterocycles. The van der Waals surface area contributed by atoms with Crippen LogP contribution in [0.25, 0.3) is 0 Å². The fourth-order valence-corrected chi connectivity index (χ4v) is 3.87. The SMILES string of the molecule is O=C(NCc1ccc(N2CCCCCC2)nc1)Nc1cccc(C(=O)Nc2cccc(F)c2)c1. The molecule has 0 radical (unpaired) electrons. The molecule has 0 atom stereocenters. The molecule has 1 aliphatic rings. The van der Waals surface area contributed by atoms with Crippen LogP contribution in [0.5, 0.6) is 0 Å². The third kappa shape index (κ3) is 6.54. The zero-order valence-corrected chi connectivity index (χ0v) is 18.9. The molecule has 34 heavy (non-hydrogen) atoms. The van der Waals surface area contributed by atoms with Crippen LogP contribution in [0.4, 0.5) is 26.4 Å². The molecule has 3 aromatic rings. The van der Waals surface area contributed by atoms with Crippen LogP contribution in [-0.2, 0) is 6.54 Å². The van der Waals surface area contributed by atoms with Crippen molar-refractivity contribution in [3.63, 3.8) is 0 Å². The lowest BCUT2D eigenvalue weighted by Crippen LogP contribution is -2.28. The molecule has 4 rings (SSSR count). The number of urea groups is 1. The summed E-state index contributed by atoms with van der Waals surface area (Å²) in [6, 6.07) is 15.8. The van der Waals surface area contributed by atoms with Gasteiger partial charge in [0.25, 0.3) is 5.91 Å². The lowest BCUT2D eigenvalue weighted by Gasteiger charge is -2.21. The van der Waals surface area contributed by atoms with Crippen LogP contribution in [-0.4, -0.2) is 30.0 Å². The Labute approximate surface area is 198 Å². The summed E-state index contributed by atoms with van der Waals surface area (Å²) in [4.78, 5) is 31.7. The minimum atomic E-state index is -0.434. The Morgan fingerprint density at radius 3 is 2.32 bits per heavy atom. The summed E-state index contributed by atoms with van der Waals surface area (Å²) in [7, 11) is 0. The Kier molecular flexibility index (Phi) is 7.70. The summed E-state index contributed by atoms with van der Waals surface area (Å²) in [6.07, 6.45) is 6.72. The fourth-order valence-electron chi connectivity index (χ4n) is 3.87. The standard InChI is InChI=1S/C26H28FN5O2/c27-21-8-6-10-23(16-21)30-25(33)20-7-5-9-22(15-20)31-26(34)29-18-19-11-12-24(28-17-19)32-13-3-1-2-4-14-32/h5-12,15-17H,1-4,13-14,18H2,(H,30,33)(H2,29,31,34). The molecule has 8 heteroatoms. The largest absolute Gasteiger partial charge is 0.357 e. The van der Waals surface area contributed by atoms with Gasteiger partial charge in [-0.25, -0.2) is 14.2 Å². The van der Waals surface area contributed by atoms with E-state index in [9.17, 15) is 14.0 Å². The minimum Gasteiger partial charge on any atom is -0.357 e. The highest BCUT2D eigenvalue weighted by molar-refractivity contribution is 6.05. The van der Waals surface area contributed by atoms with Gasteiger partial charge in [0.2, 0.25) is 0 Å².